The van der Waals surface area contributed by atoms with Crippen molar-refractivity contribution >= 4 is 40.1 Å². The minimum atomic E-state index is -1.02. The van der Waals surface area contributed by atoms with Gasteiger partial charge in [-0.2, -0.15) is 0 Å². The van der Waals surface area contributed by atoms with Crippen LogP contribution in [0.4, 0.5) is 0 Å². The summed E-state index contributed by atoms with van der Waals surface area (Å²) in [5, 5.41) is 11.3. The monoisotopic (exact) mass is 315 g/mol. The van der Waals surface area contributed by atoms with Crippen molar-refractivity contribution in [2.24, 2.45) is 0 Å². The van der Waals surface area contributed by atoms with Gasteiger partial charge in [0.05, 0.1) is 4.88 Å². The Kier molecular flexibility index (Phi) is 6.60. The van der Waals surface area contributed by atoms with Crippen molar-refractivity contribution in [2.45, 2.75) is 18.6 Å². The van der Waals surface area contributed by atoms with E-state index in [0.717, 1.165) is 6.08 Å². The van der Waals surface area contributed by atoms with Crippen molar-refractivity contribution in [2.75, 3.05) is 12.8 Å². The summed E-state index contributed by atoms with van der Waals surface area (Å²) in [5.41, 5.74) is 0. The normalized spacial score (nSPS) is 14.1. The number of nitrogens with one attached hydrogen (secondary N) is 1. The van der Waals surface area contributed by atoms with Crippen molar-refractivity contribution < 1.29 is 18.9 Å². The maximum Gasteiger partial charge on any atom is 0.328 e. The van der Waals surface area contributed by atoms with Gasteiger partial charge in [-0.15, -0.1) is 11.3 Å². The third kappa shape index (κ3) is 5.66. The summed E-state index contributed by atoms with van der Waals surface area (Å²) in [4.78, 5) is 23.5. The highest BCUT2D eigenvalue weighted by Crippen LogP contribution is 2.17. The third-order valence-electron chi connectivity index (χ3n) is 2.64. The number of carboxylic acid groups (broad SMARTS) is 1. The zero-order valence-electron chi connectivity index (χ0n) is 11.3. The summed E-state index contributed by atoms with van der Waals surface area (Å²) in [6, 6.07) is 3.35. The average Bonchev–Trinajstić information content (AvgIpc) is 2.84. The molecule has 1 heterocycles. The molecule has 0 aliphatic carbocycles. The number of rotatable bonds is 7. The largest absolute Gasteiger partial charge is 0.478 e. The summed E-state index contributed by atoms with van der Waals surface area (Å²) in [6.45, 7) is 2.35. The van der Waals surface area contributed by atoms with Gasteiger partial charge >= 0.3 is 5.97 Å². The van der Waals surface area contributed by atoms with E-state index in [4.69, 9.17) is 5.11 Å². The molecule has 2 N–H and O–H groups in total. The lowest BCUT2D eigenvalue weighted by molar-refractivity contribution is -0.131. The number of aliphatic carboxylic acids is 1. The first kappa shape index (κ1) is 16.6. The highest BCUT2D eigenvalue weighted by atomic mass is 32.2. The Hall–Kier alpha value is -1.47. The molecular weight excluding hydrogens is 298 g/mol. The standard InChI is InChI=1S/C13H17NO4S2/c1-9(20(2)18)7-8-14-13(17)11-5-3-10(19-11)4-6-12(15)16/h3-6,9H,7-8H2,1-2H3,(H,14,17)(H,15,16)/b6-4+. The van der Waals surface area contributed by atoms with E-state index in [1.165, 1.54) is 17.4 Å². The quantitative estimate of drug-likeness (QED) is 0.751. The summed E-state index contributed by atoms with van der Waals surface area (Å²) < 4.78 is 11.2. The summed E-state index contributed by atoms with van der Waals surface area (Å²) in [7, 11) is -0.886. The van der Waals surface area contributed by atoms with Crippen molar-refractivity contribution in [1.29, 1.82) is 0 Å². The van der Waals surface area contributed by atoms with Crippen molar-refractivity contribution in [3.05, 3.63) is 28.0 Å². The van der Waals surface area contributed by atoms with Gasteiger partial charge in [0.1, 0.15) is 0 Å². The fourth-order valence-corrected chi connectivity index (χ4v) is 2.64. The Balaban J connectivity index is 2.48. The van der Waals surface area contributed by atoms with Crippen LogP contribution >= 0.6 is 11.3 Å². The Morgan fingerprint density at radius 1 is 1.50 bits per heavy atom. The molecule has 0 aromatic carbocycles. The Morgan fingerprint density at radius 3 is 2.80 bits per heavy atom. The Labute approximate surface area is 124 Å². The molecule has 0 bridgehead atoms. The molecule has 5 nitrogen and oxygen atoms in total. The summed E-state index contributed by atoms with van der Waals surface area (Å²) in [6.07, 6.45) is 4.79. The fraction of sp³-hybridized carbons (Fsp3) is 0.385. The number of thiophene rings is 1. The maximum atomic E-state index is 11.8. The van der Waals surface area contributed by atoms with Crippen LogP contribution in [0.1, 0.15) is 27.9 Å². The number of hydrogen-bond donors (Lipinski definition) is 2. The van der Waals surface area contributed by atoms with Gasteiger partial charge in [-0.3, -0.25) is 9.00 Å². The molecule has 2 atom stereocenters. The van der Waals surface area contributed by atoms with E-state index in [0.29, 0.717) is 22.7 Å². The van der Waals surface area contributed by atoms with Crippen LogP contribution in [0, 0.1) is 0 Å². The zero-order valence-corrected chi connectivity index (χ0v) is 12.9. The summed E-state index contributed by atoms with van der Waals surface area (Å²) in [5.74, 6) is -1.22. The molecule has 2 unspecified atom stereocenters. The van der Waals surface area contributed by atoms with Gasteiger partial charge in [-0.1, -0.05) is 6.92 Å². The second kappa shape index (κ2) is 7.96. The Morgan fingerprint density at radius 2 is 2.20 bits per heavy atom. The van der Waals surface area contributed by atoms with Crippen LogP contribution in [-0.4, -0.2) is 39.2 Å². The van der Waals surface area contributed by atoms with E-state index in [2.05, 4.69) is 5.32 Å². The molecule has 0 spiro atoms. The molecular formula is C13H17NO4S2. The van der Waals surface area contributed by atoms with Crippen LogP contribution in [0.2, 0.25) is 0 Å². The fourth-order valence-electron chi connectivity index (χ4n) is 1.36. The highest BCUT2D eigenvalue weighted by molar-refractivity contribution is 7.84. The van der Waals surface area contributed by atoms with Gasteiger partial charge in [0.15, 0.2) is 0 Å². The lowest BCUT2D eigenvalue weighted by atomic mass is 10.3. The van der Waals surface area contributed by atoms with E-state index >= 15 is 0 Å². The lowest BCUT2D eigenvalue weighted by Crippen LogP contribution is -2.26. The molecule has 0 fully saturated rings. The third-order valence-corrected chi connectivity index (χ3v) is 5.06. The van der Waals surface area contributed by atoms with Gasteiger partial charge in [0.25, 0.3) is 5.91 Å². The molecule has 1 aromatic heterocycles. The topological polar surface area (TPSA) is 83.5 Å². The average molecular weight is 315 g/mol. The maximum absolute atomic E-state index is 11.8. The minimum Gasteiger partial charge on any atom is -0.478 e. The van der Waals surface area contributed by atoms with Crippen LogP contribution < -0.4 is 5.32 Å². The van der Waals surface area contributed by atoms with E-state index < -0.39 is 16.8 Å². The molecule has 0 radical (unpaired) electrons. The molecule has 0 saturated carbocycles. The SMILES string of the molecule is CC(CCNC(=O)c1ccc(/C=C/C(=O)O)s1)S(C)=O. The van der Waals surface area contributed by atoms with Crippen LogP contribution in [0.5, 0.6) is 0 Å². The second-order valence-electron chi connectivity index (χ2n) is 4.23. The van der Waals surface area contributed by atoms with Gasteiger partial charge < -0.3 is 10.4 Å². The van der Waals surface area contributed by atoms with Gasteiger partial charge in [0.2, 0.25) is 0 Å². The van der Waals surface area contributed by atoms with Crippen molar-refractivity contribution in [3.8, 4) is 0 Å². The van der Waals surface area contributed by atoms with Crippen LogP contribution in [-0.2, 0) is 15.6 Å². The summed E-state index contributed by atoms with van der Waals surface area (Å²) >= 11 is 1.23. The highest BCUT2D eigenvalue weighted by Gasteiger charge is 2.10. The number of hydrogen-bond acceptors (Lipinski definition) is 4. The molecule has 0 aliphatic heterocycles. The van der Waals surface area contributed by atoms with Gasteiger partial charge in [0, 0.05) is 39.8 Å². The molecule has 1 aromatic rings. The first-order valence-electron chi connectivity index (χ1n) is 6.01. The number of carboxylic acids is 1. The predicted octanol–water partition coefficient (Wildman–Crippen LogP) is 1.73. The molecule has 20 heavy (non-hydrogen) atoms. The van der Waals surface area contributed by atoms with E-state index in [1.54, 1.807) is 18.4 Å². The van der Waals surface area contributed by atoms with E-state index in [9.17, 15) is 13.8 Å². The van der Waals surface area contributed by atoms with Crippen LogP contribution in [0.15, 0.2) is 18.2 Å². The lowest BCUT2D eigenvalue weighted by Gasteiger charge is -2.08. The van der Waals surface area contributed by atoms with Gasteiger partial charge in [-0.05, 0) is 24.6 Å². The molecule has 1 rings (SSSR count). The smallest absolute Gasteiger partial charge is 0.328 e. The van der Waals surface area contributed by atoms with Crippen molar-refractivity contribution in [3.63, 3.8) is 0 Å². The molecule has 1 amide bonds. The van der Waals surface area contributed by atoms with E-state index in [1.807, 2.05) is 6.92 Å². The van der Waals surface area contributed by atoms with Crippen LogP contribution in [0.3, 0.4) is 0 Å². The molecule has 110 valence electrons. The van der Waals surface area contributed by atoms with Crippen molar-refractivity contribution in [1.82, 2.24) is 5.32 Å². The number of carbonyl (C=O) groups excluding carboxylic acids is 1. The minimum absolute atomic E-state index is 0.0488. The number of carbonyl (C=O) groups is 2. The Bertz CT molecular complexity index is 536. The number of amides is 1. The molecule has 7 heteroatoms. The first-order chi connectivity index (χ1) is 9.40. The second-order valence-corrected chi connectivity index (χ2v) is 7.14. The molecule has 0 aliphatic rings. The van der Waals surface area contributed by atoms with Crippen LogP contribution in [0.25, 0.3) is 6.08 Å². The first-order valence-corrected chi connectivity index (χ1v) is 8.45. The van der Waals surface area contributed by atoms with Gasteiger partial charge in [-0.25, -0.2) is 4.79 Å². The van der Waals surface area contributed by atoms with E-state index in [-0.39, 0.29) is 11.2 Å². The molecule has 0 saturated heterocycles. The predicted molar refractivity (Wildman–Crippen MR) is 81.5 cm³/mol. The zero-order chi connectivity index (χ0) is 15.1.